The van der Waals surface area contributed by atoms with Crippen LogP contribution in [0.25, 0.3) is 0 Å². The molecule has 2 aromatic rings. The number of benzene rings is 2. The lowest BCUT2D eigenvalue weighted by Crippen LogP contribution is -2.21. The standard InChI is InChI=1S/C17H19BrFN/c1-10-8-11(2)16(15(19)9-10)17(20-4)13-6-5-7-14(18)12(13)3/h5-9,17,20H,1-4H3. The van der Waals surface area contributed by atoms with Crippen molar-refractivity contribution in [2.75, 3.05) is 7.05 Å². The van der Waals surface area contributed by atoms with Crippen LogP contribution < -0.4 is 5.32 Å². The summed E-state index contributed by atoms with van der Waals surface area (Å²) in [5.74, 6) is -0.152. The van der Waals surface area contributed by atoms with E-state index in [0.717, 1.165) is 32.3 Å². The summed E-state index contributed by atoms with van der Waals surface area (Å²) in [6.45, 7) is 5.92. The SMILES string of the molecule is CNC(c1cccc(Br)c1C)c1c(C)cc(C)cc1F. The average Bonchev–Trinajstić information content (AvgIpc) is 2.37. The molecule has 0 radical (unpaired) electrons. The minimum absolute atomic E-state index is 0.145. The fourth-order valence-electron chi connectivity index (χ4n) is 2.68. The zero-order valence-corrected chi connectivity index (χ0v) is 13.8. The van der Waals surface area contributed by atoms with Gasteiger partial charge in [0, 0.05) is 10.0 Å². The van der Waals surface area contributed by atoms with Crippen molar-refractivity contribution in [2.45, 2.75) is 26.8 Å². The van der Waals surface area contributed by atoms with Crippen LogP contribution >= 0.6 is 15.9 Å². The number of hydrogen-bond acceptors (Lipinski definition) is 1. The van der Waals surface area contributed by atoms with Gasteiger partial charge >= 0.3 is 0 Å². The first-order valence-corrected chi connectivity index (χ1v) is 7.44. The molecule has 0 amide bonds. The lowest BCUT2D eigenvalue weighted by Gasteiger charge is -2.23. The van der Waals surface area contributed by atoms with E-state index in [2.05, 4.69) is 21.2 Å². The van der Waals surface area contributed by atoms with Gasteiger partial charge in [0.1, 0.15) is 5.82 Å². The minimum Gasteiger partial charge on any atom is -0.309 e. The van der Waals surface area contributed by atoms with Crippen LogP contribution in [0.15, 0.2) is 34.8 Å². The Morgan fingerprint density at radius 2 is 1.85 bits per heavy atom. The minimum atomic E-state index is -0.152. The van der Waals surface area contributed by atoms with Crippen molar-refractivity contribution >= 4 is 15.9 Å². The molecule has 20 heavy (non-hydrogen) atoms. The molecule has 106 valence electrons. The summed E-state index contributed by atoms with van der Waals surface area (Å²) in [5.41, 5.74) is 4.86. The zero-order chi connectivity index (χ0) is 14.9. The van der Waals surface area contributed by atoms with Gasteiger partial charge in [0.05, 0.1) is 6.04 Å². The Bertz CT molecular complexity index is 614. The molecular weight excluding hydrogens is 317 g/mol. The van der Waals surface area contributed by atoms with Crippen LogP contribution in [0.5, 0.6) is 0 Å². The summed E-state index contributed by atoms with van der Waals surface area (Å²) in [6, 6.07) is 9.51. The van der Waals surface area contributed by atoms with Gasteiger partial charge in [0.2, 0.25) is 0 Å². The Hall–Kier alpha value is -1.19. The van der Waals surface area contributed by atoms with Crippen molar-refractivity contribution < 1.29 is 4.39 Å². The molecule has 0 saturated heterocycles. The summed E-state index contributed by atoms with van der Waals surface area (Å²) in [6.07, 6.45) is 0. The summed E-state index contributed by atoms with van der Waals surface area (Å²) in [7, 11) is 1.86. The highest BCUT2D eigenvalue weighted by molar-refractivity contribution is 9.10. The van der Waals surface area contributed by atoms with Gasteiger partial charge < -0.3 is 5.32 Å². The Morgan fingerprint density at radius 3 is 2.45 bits per heavy atom. The molecule has 1 unspecified atom stereocenters. The number of hydrogen-bond donors (Lipinski definition) is 1. The molecule has 0 bridgehead atoms. The molecule has 0 aliphatic carbocycles. The maximum atomic E-state index is 14.4. The van der Waals surface area contributed by atoms with Gasteiger partial charge in [-0.05, 0) is 62.2 Å². The van der Waals surface area contributed by atoms with E-state index in [0.29, 0.717) is 0 Å². The third kappa shape index (κ3) is 2.79. The van der Waals surface area contributed by atoms with Crippen LogP contribution in [0.1, 0.15) is 33.9 Å². The molecule has 0 saturated carbocycles. The molecule has 1 nitrogen and oxygen atoms in total. The van der Waals surface area contributed by atoms with Crippen molar-refractivity contribution in [1.29, 1.82) is 0 Å². The summed E-state index contributed by atoms with van der Waals surface area (Å²) >= 11 is 3.54. The van der Waals surface area contributed by atoms with Gasteiger partial charge in [0.25, 0.3) is 0 Å². The molecule has 0 aliphatic heterocycles. The van der Waals surface area contributed by atoms with Gasteiger partial charge in [-0.25, -0.2) is 4.39 Å². The van der Waals surface area contributed by atoms with Crippen molar-refractivity contribution in [3.05, 3.63) is 68.4 Å². The van der Waals surface area contributed by atoms with Crippen LogP contribution in [-0.4, -0.2) is 7.05 Å². The second-order valence-electron chi connectivity index (χ2n) is 5.15. The van der Waals surface area contributed by atoms with Gasteiger partial charge in [-0.1, -0.05) is 34.1 Å². The summed E-state index contributed by atoms with van der Waals surface area (Å²) < 4.78 is 15.5. The number of halogens is 2. The Balaban J connectivity index is 2.62. The summed E-state index contributed by atoms with van der Waals surface area (Å²) in [5, 5.41) is 3.24. The monoisotopic (exact) mass is 335 g/mol. The van der Waals surface area contributed by atoms with E-state index in [1.807, 2.05) is 52.1 Å². The fourth-order valence-corrected chi connectivity index (χ4v) is 3.07. The first-order valence-electron chi connectivity index (χ1n) is 6.64. The number of rotatable bonds is 3. The summed E-state index contributed by atoms with van der Waals surface area (Å²) in [4.78, 5) is 0. The quantitative estimate of drug-likeness (QED) is 0.847. The van der Waals surface area contributed by atoms with E-state index in [9.17, 15) is 4.39 Å². The Labute approximate surface area is 128 Å². The second kappa shape index (κ2) is 6.06. The first kappa shape index (κ1) is 15.2. The molecule has 3 heteroatoms. The molecule has 0 spiro atoms. The maximum Gasteiger partial charge on any atom is 0.128 e. The Morgan fingerprint density at radius 1 is 1.15 bits per heavy atom. The molecule has 0 aromatic heterocycles. The predicted molar refractivity (Wildman–Crippen MR) is 85.7 cm³/mol. The van der Waals surface area contributed by atoms with Crippen LogP contribution in [0.3, 0.4) is 0 Å². The van der Waals surface area contributed by atoms with Crippen molar-refractivity contribution in [3.63, 3.8) is 0 Å². The highest BCUT2D eigenvalue weighted by atomic mass is 79.9. The topological polar surface area (TPSA) is 12.0 Å². The smallest absolute Gasteiger partial charge is 0.128 e. The normalized spacial score (nSPS) is 12.5. The van der Waals surface area contributed by atoms with E-state index < -0.39 is 0 Å². The third-order valence-electron chi connectivity index (χ3n) is 3.68. The highest BCUT2D eigenvalue weighted by Gasteiger charge is 2.21. The highest BCUT2D eigenvalue weighted by Crippen LogP contribution is 2.32. The Kier molecular flexibility index (Phi) is 4.61. The van der Waals surface area contributed by atoms with Crippen LogP contribution in [0, 0.1) is 26.6 Å². The third-order valence-corrected chi connectivity index (χ3v) is 4.54. The number of nitrogens with one attached hydrogen (secondary N) is 1. The predicted octanol–water partition coefficient (Wildman–Crippen LogP) is 4.82. The molecule has 0 fully saturated rings. The van der Waals surface area contributed by atoms with E-state index in [-0.39, 0.29) is 11.9 Å². The van der Waals surface area contributed by atoms with E-state index >= 15 is 0 Å². The van der Waals surface area contributed by atoms with Gasteiger partial charge in [-0.3, -0.25) is 0 Å². The largest absolute Gasteiger partial charge is 0.309 e. The van der Waals surface area contributed by atoms with Gasteiger partial charge in [-0.2, -0.15) is 0 Å². The first-order chi connectivity index (χ1) is 9.45. The number of aryl methyl sites for hydroxylation is 2. The lowest BCUT2D eigenvalue weighted by molar-refractivity contribution is 0.571. The van der Waals surface area contributed by atoms with Crippen LogP contribution in [0.2, 0.25) is 0 Å². The molecule has 2 aromatic carbocycles. The van der Waals surface area contributed by atoms with Crippen molar-refractivity contribution in [1.82, 2.24) is 5.32 Å². The van der Waals surface area contributed by atoms with Gasteiger partial charge in [0.15, 0.2) is 0 Å². The molecule has 1 atom stereocenters. The lowest BCUT2D eigenvalue weighted by atomic mass is 9.91. The molecule has 1 N–H and O–H groups in total. The molecular formula is C17H19BrFN. The van der Waals surface area contributed by atoms with E-state index in [1.54, 1.807) is 6.07 Å². The van der Waals surface area contributed by atoms with E-state index in [1.165, 1.54) is 0 Å². The van der Waals surface area contributed by atoms with Gasteiger partial charge in [-0.15, -0.1) is 0 Å². The van der Waals surface area contributed by atoms with Crippen molar-refractivity contribution in [2.24, 2.45) is 0 Å². The fraction of sp³-hybridized carbons (Fsp3) is 0.294. The van der Waals surface area contributed by atoms with Crippen LogP contribution in [0.4, 0.5) is 4.39 Å². The molecule has 0 aliphatic rings. The zero-order valence-electron chi connectivity index (χ0n) is 12.2. The molecule has 2 rings (SSSR count). The maximum absolute atomic E-state index is 14.4. The van der Waals surface area contributed by atoms with Crippen molar-refractivity contribution in [3.8, 4) is 0 Å². The second-order valence-corrected chi connectivity index (χ2v) is 6.01. The average molecular weight is 336 g/mol. The van der Waals surface area contributed by atoms with E-state index in [4.69, 9.17) is 0 Å². The van der Waals surface area contributed by atoms with Crippen LogP contribution in [-0.2, 0) is 0 Å². The molecule has 0 heterocycles.